The normalized spacial score (nSPS) is 12.3. The molecule has 0 radical (unpaired) electrons. The molecule has 2 nitrogen and oxygen atoms in total. The summed E-state index contributed by atoms with van der Waals surface area (Å²) in [4.78, 5) is 0. The minimum Gasteiger partial charge on any atom is -0.459 e. The highest BCUT2D eigenvalue weighted by atomic mass is 16.3. The van der Waals surface area contributed by atoms with Crippen LogP contribution in [0.15, 0.2) is 22.6 Å². The number of rotatable bonds is 3. The van der Waals surface area contributed by atoms with Crippen LogP contribution in [0, 0.1) is 6.92 Å². The Labute approximate surface area is 103 Å². The quantitative estimate of drug-likeness (QED) is 0.870. The van der Waals surface area contributed by atoms with E-state index in [-0.39, 0.29) is 5.41 Å². The maximum absolute atomic E-state index is 5.72. The Morgan fingerprint density at radius 3 is 2.59 bits per heavy atom. The molecule has 0 unspecified atom stereocenters. The van der Waals surface area contributed by atoms with E-state index >= 15 is 0 Å². The summed E-state index contributed by atoms with van der Waals surface area (Å²) in [5, 5.41) is 1.20. The van der Waals surface area contributed by atoms with Gasteiger partial charge in [0, 0.05) is 5.39 Å². The van der Waals surface area contributed by atoms with Crippen LogP contribution in [0.1, 0.15) is 44.1 Å². The summed E-state index contributed by atoms with van der Waals surface area (Å²) in [6, 6.07) is 6.47. The van der Waals surface area contributed by atoms with E-state index in [1.165, 1.54) is 16.5 Å². The maximum atomic E-state index is 5.72. The first-order valence-electron chi connectivity index (χ1n) is 6.22. The van der Waals surface area contributed by atoms with Crippen molar-refractivity contribution in [1.82, 2.24) is 0 Å². The largest absolute Gasteiger partial charge is 0.459 e. The van der Waals surface area contributed by atoms with E-state index in [1.54, 1.807) is 0 Å². The van der Waals surface area contributed by atoms with Crippen molar-refractivity contribution in [3.05, 3.63) is 35.1 Å². The van der Waals surface area contributed by atoms with Crippen LogP contribution < -0.4 is 5.73 Å². The second-order valence-corrected chi connectivity index (χ2v) is 5.30. The first kappa shape index (κ1) is 12.2. The van der Waals surface area contributed by atoms with Gasteiger partial charge in [0.05, 0.1) is 6.54 Å². The Morgan fingerprint density at radius 1 is 1.29 bits per heavy atom. The van der Waals surface area contributed by atoms with Gasteiger partial charge in [0.15, 0.2) is 0 Å². The molecule has 2 aromatic rings. The van der Waals surface area contributed by atoms with E-state index in [4.69, 9.17) is 10.2 Å². The van der Waals surface area contributed by atoms with Crippen molar-refractivity contribution in [2.75, 3.05) is 0 Å². The Balaban J connectivity index is 2.61. The van der Waals surface area contributed by atoms with Crippen LogP contribution in [0.2, 0.25) is 0 Å². The molecule has 1 aromatic heterocycles. The van der Waals surface area contributed by atoms with Crippen molar-refractivity contribution in [3.8, 4) is 0 Å². The SMILES string of the molecule is CCC(C)(C)c1ccc2oc(CN)c(C)c2c1. The van der Waals surface area contributed by atoms with Gasteiger partial charge in [-0.25, -0.2) is 0 Å². The van der Waals surface area contributed by atoms with Crippen LogP contribution in [0.3, 0.4) is 0 Å². The van der Waals surface area contributed by atoms with Crippen LogP contribution >= 0.6 is 0 Å². The van der Waals surface area contributed by atoms with Gasteiger partial charge >= 0.3 is 0 Å². The maximum Gasteiger partial charge on any atom is 0.134 e. The number of benzene rings is 1. The van der Waals surface area contributed by atoms with Gasteiger partial charge in [0.1, 0.15) is 11.3 Å². The van der Waals surface area contributed by atoms with Crippen molar-refractivity contribution < 1.29 is 4.42 Å². The number of fused-ring (bicyclic) bond motifs is 1. The third-order valence-corrected chi connectivity index (χ3v) is 3.89. The van der Waals surface area contributed by atoms with Crippen LogP contribution in [0.25, 0.3) is 11.0 Å². The molecule has 0 bridgehead atoms. The summed E-state index contributed by atoms with van der Waals surface area (Å²) in [5.41, 5.74) is 9.36. The Hall–Kier alpha value is -1.28. The van der Waals surface area contributed by atoms with E-state index in [0.29, 0.717) is 6.54 Å². The lowest BCUT2D eigenvalue weighted by molar-refractivity contribution is 0.506. The second kappa shape index (κ2) is 4.19. The molecule has 0 saturated carbocycles. The second-order valence-electron chi connectivity index (χ2n) is 5.30. The molecule has 17 heavy (non-hydrogen) atoms. The number of furan rings is 1. The first-order valence-corrected chi connectivity index (χ1v) is 6.22. The zero-order chi connectivity index (χ0) is 12.6. The lowest BCUT2D eigenvalue weighted by atomic mass is 9.82. The third kappa shape index (κ3) is 1.98. The van der Waals surface area contributed by atoms with Gasteiger partial charge in [-0.1, -0.05) is 26.8 Å². The molecule has 0 aliphatic heterocycles. The van der Waals surface area contributed by atoms with E-state index in [0.717, 1.165) is 17.8 Å². The molecule has 0 atom stereocenters. The number of hydrogen-bond acceptors (Lipinski definition) is 2. The van der Waals surface area contributed by atoms with Crippen LogP contribution in [0.4, 0.5) is 0 Å². The zero-order valence-electron chi connectivity index (χ0n) is 11.1. The molecule has 2 N–H and O–H groups in total. The van der Waals surface area contributed by atoms with Gasteiger partial charge in [-0.15, -0.1) is 0 Å². The highest BCUT2D eigenvalue weighted by Crippen LogP contribution is 2.32. The van der Waals surface area contributed by atoms with Crippen LogP contribution in [0.5, 0.6) is 0 Å². The van der Waals surface area contributed by atoms with Crippen molar-refractivity contribution in [2.45, 2.75) is 46.1 Å². The molecule has 0 saturated heterocycles. The molecule has 2 heteroatoms. The van der Waals surface area contributed by atoms with E-state index in [2.05, 4.69) is 45.9 Å². The molecule has 92 valence electrons. The van der Waals surface area contributed by atoms with Gasteiger partial charge in [0.2, 0.25) is 0 Å². The average molecular weight is 231 g/mol. The third-order valence-electron chi connectivity index (χ3n) is 3.89. The lowest BCUT2D eigenvalue weighted by Crippen LogP contribution is -2.14. The Kier molecular flexibility index (Phi) is 3.00. The highest BCUT2D eigenvalue weighted by molar-refractivity contribution is 5.83. The van der Waals surface area contributed by atoms with Crippen molar-refractivity contribution in [2.24, 2.45) is 5.73 Å². The standard InChI is InChI=1S/C15H21NO/c1-5-15(3,4)11-6-7-13-12(8-11)10(2)14(9-16)17-13/h6-8H,5,9,16H2,1-4H3. The smallest absolute Gasteiger partial charge is 0.134 e. The number of aryl methyl sites for hydroxylation is 1. The average Bonchev–Trinajstić information content (AvgIpc) is 2.66. The minimum absolute atomic E-state index is 0.209. The van der Waals surface area contributed by atoms with E-state index in [9.17, 15) is 0 Å². The van der Waals surface area contributed by atoms with Gasteiger partial charge in [0.25, 0.3) is 0 Å². The summed E-state index contributed by atoms with van der Waals surface area (Å²) in [6.07, 6.45) is 1.12. The predicted octanol–water partition coefficient (Wildman–Crippen LogP) is 3.89. The van der Waals surface area contributed by atoms with Crippen molar-refractivity contribution >= 4 is 11.0 Å². The van der Waals surface area contributed by atoms with Gasteiger partial charge in [-0.2, -0.15) is 0 Å². The monoisotopic (exact) mass is 231 g/mol. The molecule has 0 aliphatic rings. The van der Waals surface area contributed by atoms with E-state index < -0.39 is 0 Å². The topological polar surface area (TPSA) is 39.2 Å². The Morgan fingerprint density at radius 2 is 2.00 bits per heavy atom. The molecule has 0 aliphatic carbocycles. The van der Waals surface area contributed by atoms with Gasteiger partial charge < -0.3 is 10.2 Å². The van der Waals surface area contributed by atoms with Crippen LogP contribution in [-0.4, -0.2) is 0 Å². The fourth-order valence-corrected chi connectivity index (χ4v) is 2.09. The molecular weight excluding hydrogens is 210 g/mol. The molecule has 0 fully saturated rings. The predicted molar refractivity (Wildman–Crippen MR) is 72.2 cm³/mol. The molecule has 0 spiro atoms. The molecule has 1 heterocycles. The number of hydrogen-bond donors (Lipinski definition) is 1. The molecule has 0 amide bonds. The summed E-state index contributed by atoms with van der Waals surface area (Å²) >= 11 is 0. The molecule has 2 rings (SSSR count). The van der Waals surface area contributed by atoms with Crippen molar-refractivity contribution in [1.29, 1.82) is 0 Å². The van der Waals surface area contributed by atoms with Crippen LogP contribution in [-0.2, 0) is 12.0 Å². The number of nitrogens with two attached hydrogens (primary N) is 1. The summed E-state index contributed by atoms with van der Waals surface area (Å²) in [5.74, 6) is 0.895. The van der Waals surface area contributed by atoms with Gasteiger partial charge in [-0.05, 0) is 42.0 Å². The summed E-state index contributed by atoms with van der Waals surface area (Å²) in [6.45, 7) is 9.31. The van der Waals surface area contributed by atoms with Crippen molar-refractivity contribution in [3.63, 3.8) is 0 Å². The fraction of sp³-hybridized carbons (Fsp3) is 0.467. The molecule has 1 aromatic carbocycles. The fourth-order valence-electron chi connectivity index (χ4n) is 2.09. The minimum atomic E-state index is 0.209. The highest BCUT2D eigenvalue weighted by Gasteiger charge is 2.19. The first-order chi connectivity index (χ1) is 7.99. The Bertz CT molecular complexity index is 537. The van der Waals surface area contributed by atoms with E-state index in [1.807, 2.05) is 0 Å². The summed E-state index contributed by atoms with van der Waals surface area (Å²) in [7, 11) is 0. The lowest BCUT2D eigenvalue weighted by Gasteiger charge is -2.23. The van der Waals surface area contributed by atoms with Gasteiger partial charge in [-0.3, -0.25) is 0 Å². The summed E-state index contributed by atoms with van der Waals surface area (Å²) < 4.78 is 5.72. The zero-order valence-corrected chi connectivity index (χ0v) is 11.1. The molecular formula is C15H21NO.